The van der Waals surface area contributed by atoms with E-state index in [9.17, 15) is 14.4 Å². The average Bonchev–Trinajstić information content (AvgIpc) is 3.02. The van der Waals surface area contributed by atoms with Gasteiger partial charge in [0, 0.05) is 11.3 Å². The molecule has 1 amide bonds. The smallest absolute Gasteiger partial charge is 0.341 e. The minimum Gasteiger partial charge on any atom is -0.466 e. The number of hydrogen-bond donors (Lipinski definition) is 2. The van der Waals surface area contributed by atoms with Crippen molar-refractivity contribution in [2.45, 2.75) is 59.8 Å². The van der Waals surface area contributed by atoms with E-state index in [-0.39, 0.29) is 30.0 Å². The Bertz CT molecular complexity index is 826. The fraction of sp³-hybridized carbons (Fsp3) is 0.619. The van der Waals surface area contributed by atoms with Gasteiger partial charge in [-0.2, -0.15) is 0 Å². The summed E-state index contributed by atoms with van der Waals surface area (Å²) >= 11 is 6.73. The summed E-state index contributed by atoms with van der Waals surface area (Å²) in [6.45, 7) is 8.68. The quantitative estimate of drug-likeness (QED) is 0.498. The fourth-order valence-electron chi connectivity index (χ4n) is 3.50. The molecule has 2 N–H and O–H groups in total. The van der Waals surface area contributed by atoms with Crippen molar-refractivity contribution in [2.75, 3.05) is 19.0 Å². The first-order chi connectivity index (χ1) is 14.1. The second-order valence-corrected chi connectivity index (χ2v) is 9.83. The number of ether oxygens (including phenoxy) is 2. The highest BCUT2D eigenvalue weighted by Crippen LogP contribution is 2.44. The number of nitrogens with one attached hydrogen (secondary N) is 2. The van der Waals surface area contributed by atoms with Crippen LogP contribution in [0.15, 0.2) is 0 Å². The number of methoxy groups -OCH3 is 1. The highest BCUT2D eigenvalue weighted by molar-refractivity contribution is 7.80. The molecule has 1 heterocycles. The van der Waals surface area contributed by atoms with Crippen LogP contribution in [-0.4, -0.2) is 36.7 Å². The summed E-state index contributed by atoms with van der Waals surface area (Å²) in [7, 11) is 1.35. The lowest BCUT2D eigenvalue weighted by Crippen LogP contribution is -2.34. The minimum absolute atomic E-state index is 0.0167. The summed E-state index contributed by atoms with van der Waals surface area (Å²) in [5, 5.41) is 6.20. The molecule has 0 aromatic carbocycles. The molecule has 1 unspecified atom stereocenters. The summed E-state index contributed by atoms with van der Waals surface area (Å²) < 4.78 is 9.80. The Morgan fingerprint density at radius 1 is 1.23 bits per heavy atom. The molecule has 0 spiro atoms. The molecule has 1 aromatic heterocycles. The Labute approximate surface area is 186 Å². The SMILES string of the molecule is CCOC(=O)CCC(=O)NC(=S)Nc1sc2c(c1C(=O)OC)CCC(C(C)(C)C)C2. The Morgan fingerprint density at radius 2 is 1.93 bits per heavy atom. The number of anilines is 1. The van der Waals surface area contributed by atoms with Gasteiger partial charge in [0.25, 0.3) is 0 Å². The van der Waals surface area contributed by atoms with Gasteiger partial charge in [0.1, 0.15) is 5.00 Å². The van der Waals surface area contributed by atoms with Gasteiger partial charge in [0.2, 0.25) is 5.91 Å². The summed E-state index contributed by atoms with van der Waals surface area (Å²) in [5.74, 6) is -0.717. The zero-order valence-corrected chi connectivity index (χ0v) is 19.8. The lowest BCUT2D eigenvalue weighted by molar-refractivity contribution is -0.144. The lowest BCUT2D eigenvalue weighted by atomic mass is 9.72. The molecule has 1 aromatic rings. The highest BCUT2D eigenvalue weighted by Gasteiger charge is 2.34. The average molecular weight is 455 g/mol. The maximum atomic E-state index is 12.5. The molecule has 9 heteroatoms. The Balaban J connectivity index is 2.10. The van der Waals surface area contributed by atoms with Crippen molar-refractivity contribution in [1.29, 1.82) is 0 Å². The third-order valence-corrected chi connectivity index (χ3v) is 6.59. The van der Waals surface area contributed by atoms with E-state index in [4.69, 9.17) is 21.7 Å². The van der Waals surface area contributed by atoms with Crippen molar-refractivity contribution >= 4 is 51.5 Å². The predicted octanol–water partition coefficient (Wildman–Crippen LogP) is 3.84. The predicted molar refractivity (Wildman–Crippen MR) is 121 cm³/mol. The molecule has 0 radical (unpaired) electrons. The van der Waals surface area contributed by atoms with Crippen molar-refractivity contribution in [3.05, 3.63) is 16.0 Å². The van der Waals surface area contributed by atoms with Crippen LogP contribution in [0.2, 0.25) is 0 Å². The van der Waals surface area contributed by atoms with Crippen LogP contribution in [0.25, 0.3) is 0 Å². The van der Waals surface area contributed by atoms with E-state index >= 15 is 0 Å². The van der Waals surface area contributed by atoms with E-state index in [1.807, 2.05) is 0 Å². The van der Waals surface area contributed by atoms with Crippen LogP contribution in [0.1, 0.15) is 67.8 Å². The second-order valence-electron chi connectivity index (χ2n) is 8.31. The number of carbonyl (C=O) groups excluding carboxylic acids is 3. The summed E-state index contributed by atoms with van der Waals surface area (Å²) in [5.41, 5.74) is 1.68. The van der Waals surface area contributed by atoms with E-state index in [0.29, 0.717) is 16.5 Å². The topological polar surface area (TPSA) is 93.7 Å². The normalized spacial score (nSPS) is 15.7. The molecule has 0 saturated carbocycles. The lowest BCUT2D eigenvalue weighted by Gasteiger charge is -2.33. The molecular formula is C21H30N2O5S2. The van der Waals surface area contributed by atoms with Crippen molar-refractivity contribution in [3.8, 4) is 0 Å². The van der Waals surface area contributed by atoms with Gasteiger partial charge in [-0.25, -0.2) is 4.79 Å². The summed E-state index contributed by atoms with van der Waals surface area (Å²) in [4.78, 5) is 37.0. The Morgan fingerprint density at radius 3 is 2.53 bits per heavy atom. The van der Waals surface area contributed by atoms with Gasteiger partial charge in [0.15, 0.2) is 5.11 Å². The van der Waals surface area contributed by atoms with E-state index in [0.717, 1.165) is 29.7 Å². The summed E-state index contributed by atoms with van der Waals surface area (Å²) in [6, 6.07) is 0. The minimum atomic E-state index is -0.432. The number of esters is 2. The first-order valence-corrected chi connectivity index (χ1v) is 11.3. The van der Waals surface area contributed by atoms with Gasteiger partial charge in [-0.3, -0.25) is 9.59 Å². The van der Waals surface area contributed by atoms with Crippen LogP contribution in [0.4, 0.5) is 5.00 Å². The number of hydrogen-bond acceptors (Lipinski definition) is 7. The number of rotatable bonds is 6. The number of thiophene rings is 1. The molecule has 0 fully saturated rings. The van der Waals surface area contributed by atoms with Crippen LogP contribution in [0, 0.1) is 11.3 Å². The second kappa shape index (κ2) is 10.3. The largest absolute Gasteiger partial charge is 0.466 e. The Kier molecular flexibility index (Phi) is 8.37. The zero-order chi connectivity index (χ0) is 22.5. The first kappa shape index (κ1) is 24.3. The van der Waals surface area contributed by atoms with E-state index in [2.05, 4.69) is 31.4 Å². The van der Waals surface area contributed by atoms with Gasteiger partial charge in [-0.05, 0) is 55.3 Å². The van der Waals surface area contributed by atoms with Crippen molar-refractivity contribution in [3.63, 3.8) is 0 Å². The molecule has 30 heavy (non-hydrogen) atoms. The monoisotopic (exact) mass is 454 g/mol. The van der Waals surface area contributed by atoms with Gasteiger partial charge in [0.05, 0.1) is 25.7 Å². The third kappa shape index (κ3) is 6.25. The van der Waals surface area contributed by atoms with Crippen LogP contribution in [0.5, 0.6) is 0 Å². The van der Waals surface area contributed by atoms with E-state index in [1.54, 1.807) is 6.92 Å². The van der Waals surface area contributed by atoms with Crippen molar-refractivity contribution in [2.24, 2.45) is 11.3 Å². The highest BCUT2D eigenvalue weighted by atomic mass is 32.1. The molecule has 2 rings (SSSR count). The van der Waals surface area contributed by atoms with E-state index < -0.39 is 17.8 Å². The number of thiocarbonyl (C=S) groups is 1. The number of fused-ring (bicyclic) bond motifs is 1. The molecule has 166 valence electrons. The third-order valence-electron chi connectivity index (χ3n) is 5.22. The zero-order valence-electron chi connectivity index (χ0n) is 18.2. The van der Waals surface area contributed by atoms with Gasteiger partial charge in [-0.1, -0.05) is 20.8 Å². The molecule has 7 nitrogen and oxygen atoms in total. The van der Waals surface area contributed by atoms with E-state index in [1.165, 1.54) is 18.4 Å². The first-order valence-electron chi connectivity index (χ1n) is 10.1. The van der Waals surface area contributed by atoms with Gasteiger partial charge in [-0.15, -0.1) is 11.3 Å². The van der Waals surface area contributed by atoms with Crippen molar-refractivity contribution < 1.29 is 23.9 Å². The fourth-order valence-corrected chi connectivity index (χ4v) is 5.10. The molecule has 1 aliphatic rings. The maximum Gasteiger partial charge on any atom is 0.341 e. The standard InChI is InChI=1S/C21H30N2O5S2/c1-6-28-16(25)10-9-15(24)22-20(29)23-18-17(19(26)27-5)13-8-7-12(21(2,3)4)11-14(13)30-18/h12H,6-11H2,1-5H3,(H2,22,23,24,29). The van der Waals surface area contributed by atoms with Crippen LogP contribution < -0.4 is 10.6 Å². The molecule has 0 saturated heterocycles. The molecule has 0 aliphatic heterocycles. The molecule has 1 aliphatic carbocycles. The number of carbonyl (C=O) groups is 3. The van der Waals surface area contributed by atoms with Crippen LogP contribution in [-0.2, 0) is 31.9 Å². The van der Waals surface area contributed by atoms with Gasteiger partial charge >= 0.3 is 11.9 Å². The Hall–Kier alpha value is -2.00. The molecule has 1 atom stereocenters. The van der Waals surface area contributed by atoms with Crippen LogP contribution >= 0.6 is 23.6 Å². The molecule has 0 bridgehead atoms. The number of amides is 1. The maximum absolute atomic E-state index is 12.5. The van der Waals surface area contributed by atoms with Crippen molar-refractivity contribution in [1.82, 2.24) is 5.32 Å². The van der Waals surface area contributed by atoms with Crippen LogP contribution in [0.3, 0.4) is 0 Å². The summed E-state index contributed by atoms with van der Waals surface area (Å²) in [6.07, 6.45) is 2.66. The van der Waals surface area contributed by atoms with Gasteiger partial charge < -0.3 is 20.1 Å². The molecular weight excluding hydrogens is 424 g/mol.